The van der Waals surface area contributed by atoms with E-state index in [0.717, 1.165) is 22.6 Å². The summed E-state index contributed by atoms with van der Waals surface area (Å²) >= 11 is 1.33. The quantitative estimate of drug-likeness (QED) is 0.692. The van der Waals surface area contributed by atoms with Gasteiger partial charge in [0.25, 0.3) is 0 Å². The Labute approximate surface area is 151 Å². The number of rotatable bonds is 6. The highest BCUT2D eigenvalue weighted by Gasteiger charge is 2.19. The van der Waals surface area contributed by atoms with E-state index in [-0.39, 0.29) is 11.2 Å². The molecule has 0 unspecified atom stereocenters. The molecule has 0 aliphatic carbocycles. The van der Waals surface area contributed by atoms with E-state index < -0.39 is 0 Å². The molecule has 0 aliphatic heterocycles. The van der Waals surface area contributed by atoms with Crippen molar-refractivity contribution < 1.29 is 4.79 Å². The van der Waals surface area contributed by atoms with Gasteiger partial charge in [-0.2, -0.15) is 0 Å². The highest BCUT2D eigenvalue weighted by Crippen LogP contribution is 2.27. The van der Waals surface area contributed by atoms with Crippen LogP contribution in [0.1, 0.15) is 23.9 Å². The summed E-state index contributed by atoms with van der Waals surface area (Å²) in [5.41, 5.74) is 8.70. The molecule has 2 N–H and O–H groups in total. The molecule has 1 aromatic heterocycles. The zero-order chi connectivity index (χ0) is 17.8. The summed E-state index contributed by atoms with van der Waals surface area (Å²) in [4.78, 5) is 11.4. The van der Waals surface area contributed by atoms with Crippen molar-refractivity contribution in [3.05, 3.63) is 71.5 Å². The van der Waals surface area contributed by atoms with Crippen LogP contribution in [0.25, 0.3) is 5.69 Å². The highest BCUT2D eigenvalue weighted by atomic mass is 32.2. The summed E-state index contributed by atoms with van der Waals surface area (Å²) in [7, 11) is 0. The van der Waals surface area contributed by atoms with Crippen LogP contribution in [-0.2, 0) is 11.2 Å². The van der Waals surface area contributed by atoms with Gasteiger partial charge in [0.15, 0.2) is 5.16 Å². The van der Waals surface area contributed by atoms with Gasteiger partial charge in [0.2, 0.25) is 5.91 Å². The molecule has 0 fully saturated rings. The van der Waals surface area contributed by atoms with E-state index in [4.69, 9.17) is 5.73 Å². The molecule has 2 aromatic carbocycles. The molecule has 0 bridgehead atoms. The second-order valence-corrected chi connectivity index (χ2v) is 7.21. The topological polar surface area (TPSA) is 73.8 Å². The van der Waals surface area contributed by atoms with Gasteiger partial charge in [-0.25, -0.2) is 0 Å². The van der Waals surface area contributed by atoms with E-state index in [9.17, 15) is 4.79 Å². The van der Waals surface area contributed by atoms with Crippen LogP contribution in [0.5, 0.6) is 0 Å². The Hall–Kier alpha value is -2.60. The Morgan fingerprint density at radius 3 is 2.60 bits per heavy atom. The summed E-state index contributed by atoms with van der Waals surface area (Å²) in [6.45, 7) is 3.82. The molecular formula is C19H20N4OS. The first-order valence-electron chi connectivity index (χ1n) is 8.06. The minimum Gasteiger partial charge on any atom is -0.369 e. The number of amides is 1. The normalized spacial score (nSPS) is 12.1. The smallest absolute Gasteiger partial charge is 0.230 e. The zero-order valence-electron chi connectivity index (χ0n) is 14.2. The molecule has 1 amide bonds. The average Bonchev–Trinajstić information content (AvgIpc) is 2.98. The van der Waals surface area contributed by atoms with E-state index in [1.54, 1.807) is 6.92 Å². The molecule has 0 spiro atoms. The summed E-state index contributed by atoms with van der Waals surface area (Å²) in [5, 5.41) is 8.97. The Morgan fingerprint density at radius 2 is 1.92 bits per heavy atom. The van der Waals surface area contributed by atoms with Gasteiger partial charge in [-0.05, 0) is 37.1 Å². The van der Waals surface area contributed by atoms with Gasteiger partial charge < -0.3 is 5.73 Å². The predicted molar refractivity (Wildman–Crippen MR) is 99.9 cm³/mol. The first kappa shape index (κ1) is 17.2. The number of aromatic nitrogens is 3. The lowest BCUT2D eigenvalue weighted by atomic mass is 10.1. The number of nitrogens with zero attached hydrogens (tertiary/aromatic N) is 3. The third kappa shape index (κ3) is 4.09. The van der Waals surface area contributed by atoms with Crippen LogP contribution in [0.4, 0.5) is 0 Å². The fourth-order valence-electron chi connectivity index (χ4n) is 2.51. The van der Waals surface area contributed by atoms with E-state index in [0.29, 0.717) is 11.6 Å². The number of benzene rings is 2. The van der Waals surface area contributed by atoms with Crippen LogP contribution in [0.2, 0.25) is 0 Å². The maximum Gasteiger partial charge on any atom is 0.230 e. The highest BCUT2D eigenvalue weighted by molar-refractivity contribution is 8.00. The monoisotopic (exact) mass is 352 g/mol. The minimum absolute atomic E-state index is 0.367. The number of carbonyl (C=O) groups excluding carboxylic acids is 1. The van der Waals surface area contributed by atoms with Crippen molar-refractivity contribution >= 4 is 17.7 Å². The summed E-state index contributed by atoms with van der Waals surface area (Å²) in [6, 6.07) is 18.3. The van der Waals surface area contributed by atoms with E-state index in [1.165, 1.54) is 11.8 Å². The van der Waals surface area contributed by atoms with Gasteiger partial charge in [0.1, 0.15) is 5.82 Å². The van der Waals surface area contributed by atoms with Crippen molar-refractivity contribution in [2.75, 3.05) is 0 Å². The van der Waals surface area contributed by atoms with Crippen molar-refractivity contribution in [2.45, 2.75) is 30.7 Å². The van der Waals surface area contributed by atoms with E-state index in [1.807, 2.05) is 47.9 Å². The standard InChI is InChI=1S/C19H20N4OS/c1-13-7-6-10-16(11-13)23-17(12-15-8-4-3-5-9-15)21-22-19(23)25-14(2)18(20)24/h3-11,14H,12H2,1-2H3,(H2,20,24)/t14-/m0/s1. The molecule has 5 nitrogen and oxygen atoms in total. The second-order valence-electron chi connectivity index (χ2n) is 5.90. The molecule has 128 valence electrons. The number of nitrogens with two attached hydrogens (primary N) is 1. The molecule has 0 radical (unpaired) electrons. The maximum absolute atomic E-state index is 11.4. The van der Waals surface area contributed by atoms with Gasteiger partial charge in [-0.1, -0.05) is 54.2 Å². The lowest BCUT2D eigenvalue weighted by Gasteiger charge is -2.12. The van der Waals surface area contributed by atoms with Gasteiger partial charge in [-0.15, -0.1) is 10.2 Å². The number of primary amides is 1. The maximum atomic E-state index is 11.4. The number of carbonyl (C=O) groups is 1. The van der Waals surface area contributed by atoms with Crippen LogP contribution in [0.15, 0.2) is 59.8 Å². The molecule has 3 aromatic rings. The summed E-state index contributed by atoms with van der Waals surface area (Å²) < 4.78 is 2.00. The van der Waals surface area contributed by atoms with Crippen molar-refractivity contribution in [1.82, 2.24) is 14.8 Å². The number of hydrogen-bond acceptors (Lipinski definition) is 4. The van der Waals surface area contributed by atoms with E-state index >= 15 is 0 Å². The Morgan fingerprint density at radius 1 is 1.16 bits per heavy atom. The molecule has 25 heavy (non-hydrogen) atoms. The molecule has 0 aliphatic rings. The summed E-state index contributed by atoms with van der Waals surface area (Å²) in [6.07, 6.45) is 0.660. The average molecular weight is 352 g/mol. The predicted octanol–water partition coefficient (Wildman–Crippen LogP) is 3.13. The number of aryl methyl sites for hydroxylation is 1. The first-order valence-corrected chi connectivity index (χ1v) is 8.94. The SMILES string of the molecule is Cc1cccc(-n2c(Cc3ccccc3)nnc2S[C@@H](C)C(N)=O)c1. The van der Waals surface area contributed by atoms with Gasteiger partial charge in [0, 0.05) is 12.1 Å². The van der Waals surface area contributed by atoms with Crippen LogP contribution in [0.3, 0.4) is 0 Å². The Balaban J connectivity index is 2.03. The molecule has 6 heteroatoms. The minimum atomic E-state index is -0.377. The molecule has 0 saturated heterocycles. The van der Waals surface area contributed by atoms with Crippen molar-refractivity contribution in [3.8, 4) is 5.69 Å². The molecule has 0 saturated carbocycles. The number of hydrogen-bond donors (Lipinski definition) is 1. The fourth-order valence-corrected chi connectivity index (χ4v) is 3.35. The third-order valence-electron chi connectivity index (χ3n) is 3.85. The summed E-state index contributed by atoms with van der Waals surface area (Å²) in [5.74, 6) is 0.462. The lowest BCUT2D eigenvalue weighted by Crippen LogP contribution is -2.23. The van der Waals surface area contributed by atoms with Crippen molar-refractivity contribution in [2.24, 2.45) is 5.73 Å². The van der Waals surface area contributed by atoms with Crippen molar-refractivity contribution in [1.29, 1.82) is 0 Å². The molecule has 1 heterocycles. The van der Waals surface area contributed by atoms with Crippen LogP contribution in [0, 0.1) is 6.92 Å². The van der Waals surface area contributed by atoms with Crippen LogP contribution < -0.4 is 5.73 Å². The molecule has 3 rings (SSSR count). The number of thioether (sulfide) groups is 1. The second kappa shape index (κ2) is 7.53. The van der Waals surface area contributed by atoms with Crippen LogP contribution >= 0.6 is 11.8 Å². The lowest BCUT2D eigenvalue weighted by molar-refractivity contribution is -0.117. The van der Waals surface area contributed by atoms with Gasteiger partial charge in [0.05, 0.1) is 5.25 Å². The molecular weight excluding hydrogens is 332 g/mol. The Bertz CT molecular complexity index is 876. The van der Waals surface area contributed by atoms with Crippen molar-refractivity contribution in [3.63, 3.8) is 0 Å². The fraction of sp³-hybridized carbons (Fsp3) is 0.211. The molecule has 1 atom stereocenters. The Kier molecular flexibility index (Phi) is 5.19. The largest absolute Gasteiger partial charge is 0.369 e. The van der Waals surface area contributed by atoms with Gasteiger partial charge in [-0.3, -0.25) is 9.36 Å². The first-order chi connectivity index (χ1) is 12.0. The van der Waals surface area contributed by atoms with E-state index in [2.05, 4.69) is 28.4 Å². The van der Waals surface area contributed by atoms with Gasteiger partial charge >= 0.3 is 0 Å². The third-order valence-corrected chi connectivity index (χ3v) is 4.91. The van der Waals surface area contributed by atoms with Crippen LogP contribution in [-0.4, -0.2) is 25.9 Å². The zero-order valence-corrected chi connectivity index (χ0v) is 15.0.